The molecule has 2 N–H and O–H groups in total. The number of aliphatic hydroxyl groups excluding tert-OH is 1. The van der Waals surface area contributed by atoms with Crippen LogP contribution in [0.4, 0.5) is 0 Å². The lowest BCUT2D eigenvalue weighted by Gasteiger charge is -2.45. The van der Waals surface area contributed by atoms with Crippen LogP contribution in [0.1, 0.15) is 52.4 Å². The summed E-state index contributed by atoms with van der Waals surface area (Å²) in [5.41, 5.74) is 0.290. The summed E-state index contributed by atoms with van der Waals surface area (Å²) in [7, 11) is 0. The molecule has 1 saturated carbocycles. The lowest BCUT2D eigenvalue weighted by Crippen LogP contribution is -2.55. The van der Waals surface area contributed by atoms with Crippen LogP contribution in [-0.4, -0.2) is 36.5 Å². The molecule has 2 unspecified atom stereocenters. The van der Waals surface area contributed by atoms with Crippen LogP contribution in [0.2, 0.25) is 0 Å². The number of hydrogen-bond donors (Lipinski definition) is 2. The van der Waals surface area contributed by atoms with E-state index in [4.69, 9.17) is 4.74 Å². The van der Waals surface area contributed by atoms with Crippen molar-refractivity contribution in [2.75, 3.05) is 19.8 Å². The maximum atomic E-state index is 9.74. The molecule has 17 heavy (non-hydrogen) atoms. The first-order valence-electron chi connectivity index (χ1n) is 7.03. The normalized spacial score (nSPS) is 37.2. The molecule has 0 radical (unpaired) electrons. The Hall–Kier alpha value is -0.120. The van der Waals surface area contributed by atoms with Gasteiger partial charge in [0.1, 0.15) is 0 Å². The second-order valence-electron chi connectivity index (χ2n) is 6.65. The van der Waals surface area contributed by atoms with Gasteiger partial charge in [0.2, 0.25) is 0 Å². The molecule has 1 aliphatic heterocycles. The topological polar surface area (TPSA) is 41.5 Å². The third kappa shape index (κ3) is 3.43. The van der Waals surface area contributed by atoms with Gasteiger partial charge in [0, 0.05) is 18.7 Å². The number of rotatable bonds is 4. The SMILES string of the molecule is CC1(C)CCCC(CO)(NCC2CCCO2)C1. The van der Waals surface area contributed by atoms with Crippen molar-refractivity contribution in [3.8, 4) is 0 Å². The molecule has 1 aliphatic carbocycles. The van der Waals surface area contributed by atoms with Crippen molar-refractivity contribution in [2.45, 2.75) is 64.0 Å². The van der Waals surface area contributed by atoms with Crippen molar-refractivity contribution in [2.24, 2.45) is 5.41 Å². The molecule has 1 heterocycles. The van der Waals surface area contributed by atoms with Gasteiger partial charge in [0.25, 0.3) is 0 Å². The summed E-state index contributed by atoms with van der Waals surface area (Å²) in [6.07, 6.45) is 7.37. The third-order valence-electron chi connectivity index (χ3n) is 4.36. The zero-order chi connectivity index (χ0) is 12.4. The predicted octanol–water partition coefficient (Wildman–Crippen LogP) is 2.09. The van der Waals surface area contributed by atoms with Crippen molar-refractivity contribution >= 4 is 0 Å². The third-order valence-corrected chi connectivity index (χ3v) is 4.36. The monoisotopic (exact) mass is 241 g/mol. The van der Waals surface area contributed by atoms with Crippen molar-refractivity contribution in [1.82, 2.24) is 5.32 Å². The largest absolute Gasteiger partial charge is 0.394 e. The Labute approximate surface area is 105 Å². The van der Waals surface area contributed by atoms with Crippen molar-refractivity contribution in [1.29, 1.82) is 0 Å². The van der Waals surface area contributed by atoms with Crippen LogP contribution in [-0.2, 0) is 4.74 Å². The second-order valence-corrected chi connectivity index (χ2v) is 6.65. The van der Waals surface area contributed by atoms with Crippen LogP contribution in [0.25, 0.3) is 0 Å². The fraction of sp³-hybridized carbons (Fsp3) is 1.00. The smallest absolute Gasteiger partial charge is 0.0700 e. The molecule has 0 aromatic rings. The fourth-order valence-electron chi connectivity index (χ4n) is 3.48. The van der Waals surface area contributed by atoms with Crippen molar-refractivity contribution in [3.05, 3.63) is 0 Å². The molecule has 0 aromatic heterocycles. The molecule has 0 bridgehead atoms. The van der Waals surface area contributed by atoms with Gasteiger partial charge in [-0.25, -0.2) is 0 Å². The fourth-order valence-corrected chi connectivity index (χ4v) is 3.48. The zero-order valence-corrected chi connectivity index (χ0v) is 11.3. The summed E-state index contributed by atoms with van der Waals surface area (Å²) in [4.78, 5) is 0. The van der Waals surface area contributed by atoms with E-state index in [-0.39, 0.29) is 12.1 Å². The van der Waals surface area contributed by atoms with E-state index >= 15 is 0 Å². The van der Waals surface area contributed by atoms with E-state index in [0.717, 1.165) is 32.4 Å². The van der Waals surface area contributed by atoms with E-state index in [1.807, 2.05) is 0 Å². The van der Waals surface area contributed by atoms with Gasteiger partial charge in [-0.05, 0) is 37.5 Å². The molecule has 0 amide bonds. The first kappa shape index (κ1) is 13.3. The summed E-state index contributed by atoms with van der Waals surface area (Å²) in [6, 6.07) is 0. The van der Waals surface area contributed by atoms with E-state index in [1.165, 1.54) is 19.3 Å². The highest BCUT2D eigenvalue weighted by Gasteiger charge is 2.39. The molecule has 0 aromatic carbocycles. The molecule has 2 rings (SSSR count). The standard InChI is InChI=1S/C14H27NO2/c1-13(2)6-4-7-14(10-13,11-16)15-9-12-5-3-8-17-12/h12,15-16H,3-11H2,1-2H3. The van der Waals surface area contributed by atoms with E-state index in [9.17, 15) is 5.11 Å². The van der Waals surface area contributed by atoms with Crippen LogP contribution in [0, 0.1) is 5.41 Å². The van der Waals surface area contributed by atoms with Gasteiger partial charge in [0.15, 0.2) is 0 Å². The van der Waals surface area contributed by atoms with Crippen LogP contribution in [0.3, 0.4) is 0 Å². The zero-order valence-electron chi connectivity index (χ0n) is 11.3. The summed E-state index contributed by atoms with van der Waals surface area (Å²) >= 11 is 0. The minimum Gasteiger partial charge on any atom is -0.394 e. The van der Waals surface area contributed by atoms with Crippen LogP contribution < -0.4 is 5.32 Å². The minimum atomic E-state index is -0.0618. The summed E-state index contributed by atoms with van der Waals surface area (Å²) in [6.45, 7) is 6.68. The quantitative estimate of drug-likeness (QED) is 0.792. The molecular formula is C14H27NO2. The molecule has 1 saturated heterocycles. The Balaban J connectivity index is 1.89. The van der Waals surface area contributed by atoms with E-state index in [2.05, 4.69) is 19.2 Å². The van der Waals surface area contributed by atoms with Crippen LogP contribution >= 0.6 is 0 Å². The lowest BCUT2D eigenvalue weighted by atomic mass is 9.68. The second kappa shape index (κ2) is 5.25. The molecule has 3 heteroatoms. The number of nitrogens with one attached hydrogen (secondary N) is 1. The summed E-state index contributed by atoms with van der Waals surface area (Å²) in [5.74, 6) is 0. The summed E-state index contributed by atoms with van der Waals surface area (Å²) < 4.78 is 5.64. The molecule has 2 atom stereocenters. The van der Waals surface area contributed by atoms with E-state index in [0.29, 0.717) is 11.5 Å². The number of aliphatic hydroxyl groups is 1. The first-order chi connectivity index (χ1) is 8.05. The lowest BCUT2D eigenvalue weighted by molar-refractivity contribution is 0.0425. The average Bonchev–Trinajstić information content (AvgIpc) is 2.78. The molecule has 0 spiro atoms. The van der Waals surface area contributed by atoms with Crippen LogP contribution in [0.5, 0.6) is 0 Å². The molecular weight excluding hydrogens is 214 g/mol. The highest BCUT2D eigenvalue weighted by Crippen LogP contribution is 2.40. The van der Waals surface area contributed by atoms with Gasteiger partial charge in [-0.15, -0.1) is 0 Å². The first-order valence-corrected chi connectivity index (χ1v) is 7.03. The highest BCUT2D eigenvalue weighted by molar-refractivity contribution is 4.97. The van der Waals surface area contributed by atoms with Gasteiger partial charge < -0.3 is 15.2 Å². The average molecular weight is 241 g/mol. The van der Waals surface area contributed by atoms with E-state index in [1.54, 1.807) is 0 Å². The molecule has 3 nitrogen and oxygen atoms in total. The predicted molar refractivity (Wildman–Crippen MR) is 69.0 cm³/mol. The van der Waals surface area contributed by atoms with Gasteiger partial charge in [-0.1, -0.05) is 20.3 Å². The maximum absolute atomic E-state index is 9.74. The Bertz CT molecular complexity index is 249. The minimum absolute atomic E-state index is 0.0618. The van der Waals surface area contributed by atoms with Crippen molar-refractivity contribution < 1.29 is 9.84 Å². The Kier molecular flexibility index (Phi) is 4.11. The Morgan fingerprint density at radius 2 is 2.12 bits per heavy atom. The van der Waals surface area contributed by atoms with E-state index < -0.39 is 0 Å². The van der Waals surface area contributed by atoms with Gasteiger partial charge in [-0.3, -0.25) is 0 Å². The van der Waals surface area contributed by atoms with Crippen molar-refractivity contribution in [3.63, 3.8) is 0 Å². The summed E-state index contributed by atoms with van der Waals surface area (Å²) in [5, 5.41) is 13.4. The Morgan fingerprint density at radius 1 is 1.29 bits per heavy atom. The van der Waals surface area contributed by atoms with Gasteiger partial charge in [-0.2, -0.15) is 0 Å². The molecule has 2 fully saturated rings. The highest BCUT2D eigenvalue weighted by atomic mass is 16.5. The molecule has 100 valence electrons. The maximum Gasteiger partial charge on any atom is 0.0700 e. The van der Waals surface area contributed by atoms with Crippen LogP contribution in [0.15, 0.2) is 0 Å². The number of hydrogen-bond acceptors (Lipinski definition) is 3. The van der Waals surface area contributed by atoms with Gasteiger partial charge >= 0.3 is 0 Å². The Morgan fingerprint density at radius 3 is 2.71 bits per heavy atom. The van der Waals surface area contributed by atoms with Gasteiger partial charge in [0.05, 0.1) is 12.7 Å². The molecule has 2 aliphatic rings. The number of ether oxygens (including phenoxy) is 1.